The van der Waals surface area contributed by atoms with Gasteiger partial charge in [0.15, 0.2) is 5.67 Å². The van der Waals surface area contributed by atoms with Crippen molar-refractivity contribution >= 4 is 22.9 Å². The lowest BCUT2D eigenvalue weighted by Gasteiger charge is -2.34. The van der Waals surface area contributed by atoms with Crippen LogP contribution in [0.2, 0.25) is 0 Å². The van der Waals surface area contributed by atoms with Crippen LogP contribution in [0.5, 0.6) is 0 Å². The number of piperidine rings is 1. The van der Waals surface area contributed by atoms with Crippen molar-refractivity contribution in [2.45, 2.75) is 24.6 Å². The highest BCUT2D eigenvalue weighted by atomic mass is 32.1. The first-order chi connectivity index (χ1) is 8.46. The summed E-state index contributed by atoms with van der Waals surface area (Å²) in [5, 5.41) is 2.66. The molecule has 98 valence electrons. The highest BCUT2D eigenvalue weighted by Gasteiger charge is 2.41. The predicted molar refractivity (Wildman–Crippen MR) is 68.3 cm³/mol. The van der Waals surface area contributed by atoms with Crippen LogP contribution in [0.4, 0.5) is 18.9 Å². The molecule has 1 heterocycles. The van der Waals surface area contributed by atoms with Gasteiger partial charge in [-0.3, -0.25) is 0 Å². The summed E-state index contributed by atoms with van der Waals surface area (Å²) in [6, 6.07) is 3.72. The first-order valence-corrected chi connectivity index (χ1v) is 5.98. The fraction of sp³-hybridized carbons (Fsp3) is 0.417. The molecule has 0 saturated carbocycles. The van der Waals surface area contributed by atoms with Gasteiger partial charge in [-0.25, -0.2) is 13.2 Å². The van der Waals surface area contributed by atoms with Crippen LogP contribution in [-0.4, -0.2) is 17.3 Å². The lowest BCUT2D eigenvalue weighted by atomic mass is 9.89. The van der Waals surface area contributed by atoms with Crippen LogP contribution in [0.1, 0.15) is 24.4 Å². The molecular weight excluding hydrogens is 261 g/mol. The number of nitrogens with one attached hydrogen (secondary N) is 1. The minimum atomic E-state index is -2.12. The van der Waals surface area contributed by atoms with Crippen molar-refractivity contribution < 1.29 is 13.2 Å². The molecule has 2 atom stereocenters. The fourth-order valence-electron chi connectivity index (χ4n) is 2.04. The number of nitrogens with two attached hydrogens (primary N) is 1. The zero-order chi connectivity index (χ0) is 13.3. The monoisotopic (exact) mass is 274 g/mol. The van der Waals surface area contributed by atoms with Crippen molar-refractivity contribution in [1.29, 1.82) is 0 Å². The number of hydrogen-bond acceptors (Lipinski definition) is 2. The fourth-order valence-corrected chi connectivity index (χ4v) is 2.34. The number of thiocarbonyl (C=S) groups is 1. The summed E-state index contributed by atoms with van der Waals surface area (Å²) in [5.74, 6) is -0.434. The molecule has 1 aromatic carbocycles. The molecule has 0 spiro atoms. The number of hydrogen-bond donors (Lipinski definition) is 2. The third-order valence-corrected chi connectivity index (χ3v) is 3.63. The van der Waals surface area contributed by atoms with E-state index in [1.165, 1.54) is 18.2 Å². The minimum absolute atomic E-state index is 0.0613. The third kappa shape index (κ3) is 2.29. The van der Waals surface area contributed by atoms with Gasteiger partial charge < -0.3 is 11.1 Å². The normalized spacial score (nSPS) is 27.9. The maximum Gasteiger partial charge on any atom is 0.188 e. The third-order valence-electron chi connectivity index (χ3n) is 3.15. The smallest absolute Gasteiger partial charge is 0.188 e. The summed E-state index contributed by atoms with van der Waals surface area (Å²) in [6.07, 6.45) is 0.204. The van der Waals surface area contributed by atoms with Gasteiger partial charge in [-0.2, -0.15) is 0 Å². The van der Waals surface area contributed by atoms with E-state index in [0.717, 1.165) is 0 Å². The van der Waals surface area contributed by atoms with Gasteiger partial charge in [0.05, 0.1) is 6.04 Å². The molecule has 1 aliphatic rings. The van der Waals surface area contributed by atoms with E-state index in [2.05, 4.69) is 5.32 Å². The van der Waals surface area contributed by atoms with Gasteiger partial charge in [0, 0.05) is 11.3 Å². The second kappa shape index (κ2) is 4.76. The topological polar surface area (TPSA) is 38.0 Å². The second-order valence-electron chi connectivity index (χ2n) is 4.44. The Bertz CT molecular complexity index is 480. The number of benzene rings is 1. The Morgan fingerprint density at radius 3 is 2.83 bits per heavy atom. The molecule has 2 nitrogen and oxygen atoms in total. The van der Waals surface area contributed by atoms with Gasteiger partial charge in [0.2, 0.25) is 0 Å². The van der Waals surface area contributed by atoms with E-state index in [-0.39, 0.29) is 17.8 Å². The molecule has 1 aromatic rings. The van der Waals surface area contributed by atoms with Crippen molar-refractivity contribution in [2.24, 2.45) is 0 Å². The van der Waals surface area contributed by atoms with E-state index < -0.39 is 24.2 Å². The lowest BCUT2D eigenvalue weighted by molar-refractivity contribution is 0.159. The summed E-state index contributed by atoms with van der Waals surface area (Å²) in [5.41, 5.74) is 4.21. The summed E-state index contributed by atoms with van der Waals surface area (Å²) >= 11 is 4.81. The van der Waals surface area contributed by atoms with Crippen LogP contribution in [0, 0.1) is 5.82 Å². The van der Waals surface area contributed by atoms with Gasteiger partial charge in [-0.05, 0) is 31.0 Å². The average Bonchev–Trinajstić information content (AvgIpc) is 2.36. The summed E-state index contributed by atoms with van der Waals surface area (Å²) in [7, 11) is 0. The van der Waals surface area contributed by atoms with Gasteiger partial charge in [-0.15, -0.1) is 0 Å². The molecule has 0 bridgehead atoms. The highest BCUT2D eigenvalue weighted by Crippen LogP contribution is 2.34. The number of nitrogen functional groups attached to an aromatic ring is 1. The molecule has 0 amide bonds. The first kappa shape index (κ1) is 13.1. The van der Waals surface area contributed by atoms with Crippen LogP contribution in [-0.2, 0) is 0 Å². The largest absolute Gasteiger partial charge is 0.399 e. The van der Waals surface area contributed by atoms with Crippen LogP contribution >= 0.6 is 12.2 Å². The van der Waals surface area contributed by atoms with Crippen molar-refractivity contribution in [3.63, 3.8) is 0 Å². The van der Waals surface area contributed by atoms with Crippen LogP contribution in [0.15, 0.2) is 18.2 Å². The Hall–Kier alpha value is -1.30. The second-order valence-corrected chi connectivity index (χ2v) is 4.85. The molecule has 2 unspecified atom stereocenters. The summed E-state index contributed by atoms with van der Waals surface area (Å²) < 4.78 is 40.1. The average molecular weight is 274 g/mol. The predicted octanol–water partition coefficient (Wildman–Crippen LogP) is 2.84. The molecule has 18 heavy (non-hydrogen) atoms. The van der Waals surface area contributed by atoms with Gasteiger partial charge in [0.1, 0.15) is 17.5 Å². The molecule has 0 aromatic heterocycles. The molecule has 6 heteroatoms. The SMILES string of the molecule is Nc1ccc(F)c(C2CCC(F)(CF)C(=S)N2)c1. The van der Waals surface area contributed by atoms with Crippen molar-refractivity contribution in [1.82, 2.24) is 5.32 Å². The summed E-state index contributed by atoms with van der Waals surface area (Å²) in [6.45, 7) is -1.16. The zero-order valence-corrected chi connectivity index (χ0v) is 10.4. The van der Waals surface area contributed by atoms with E-state index in [4.69, 9.17) is 18.0 Å². The molecular formula is C12H13F3N2S. The van der Waals surface area contributed by atoms with E-state index in [1.807, 2.05) is 0 Å². The van der Waals surface area contributed by atoms with Crippen molar-refractivity contribution in [3.05, 3.63) is 29.6 Å². The van der Waals surface area contributed by atoms with E-state index in [1.54, 1.807) is 0 Å². The van der Waals surface area contributed by atoms with Crippen LogP contribution in [0.3, 0.4) is 0 Å². The Morgan fingerprint density at radius 1 is 1.50 bits per heavy atom. The molecule has 3 N–H and O–H groups in total. The Kier molecular flexibility index (Phi) is 3.47. The first-order valence-electron chi connectivity index (χ1n) is 5.57. The summed E-state index contributed by atoms with van der Waals surface area (Å²) in [4.78, 5) is -0.205. The highest BCUT2D eigenvalue weighted by molar-refractivity contribution is 7.80. The van der Waals surface area contributed by atoms with E-state index in [9.17, 15) is 13.2 Å². The maximum absolute atomic E-state index is 13.9. The molecule has 0 aliphatic carbocycles. The van der Waals surface area contributed by atoms with Gasteiger partial charge >= 0.3 is 0 Å². The van der Waals surface area contributed by atoms with Gasteiger partial charge in [-0.1, -0.05) is 12.2 Å². The Balaban J connectivity index is 2.23. The lowest BCUT2D eigenvalue weighted by Crippen LogP contribution is -2.49. The Morgan fingerprint density at radius 2 is 2.22 bits per heavy atom. The van der Waals surface area contributed by atoms with E-state index in [0.29, 0.717) is 11.3 Å². The van der Waals surface area contributed by atoms with Gasteiger partial charge in [0.25, 0.3) is 0 Å². The molecule has 1 fully saturated rings. The number of alkyl halides is 2. The number of halogens is 3. The van der Waals surface area contributed by atoms with Crippen LogP contribution in [0.25, 0.3) is 0 Å². The number of rotatable bonds is 2. The minimum Gasteiger partial charge on any atom is -0.399 e. The molecule has 1 saturated heterocycles. The molecule has 2 rings (SSSR count). The molecule has 1 aliphatic heterocycles. The standard InChI is InChI=1S/C12H13F3N2S/c13-6-12(15)4-3-10(17-11(12)18)8-5-7(16)1-2-9(8)14/h1-2,5,10H,3-4,6,16H2,(H,17,18). The Labute approximate surface area is 108 Å². The maximum atomic E-state index is 13.9. The quantitative estimate of drug-likeness (QED) is 0.643. The zero-order valence-electron chi connectivity index (χ0n) is 9.55. The van der Waals surface area contributed by atoms with Crippen molar-refractivity contribution in [3.8, 4) is 0 Å². The van der Waals surface area contributed by atoms with Crippen molar-refractivity contribution in [2.75, 3.05) is 12.4 Å². The molecule has 0 radical (unpaired) electrons. The number of anilines is 1. The van der Waals surface area contributed by atoms with E-state index >= 15 is 0 Å². The van der Waals surface area contributed by atoms with Crippen LogP contribution < -0.4 is 11.1 Å².